The first-order valence-corrected chi connectivity index (χ1v) is 8.22. The Morgan fingerprint density at radius 2 is 1.78 bits per heavy atom. The molecule has 2 heterocycles. The van der Waals surface area contributed by atoms with Crippen LogP contribution in [0.1, 0.15) is 11.1 Å². The van der Waals surface area contributed by atoms with E-state index < -0.39 is 0 Å². The van der Waals surface area contributed by atoms with Gasteiger partial charge in [0.1, 0.15) is 0 Å². The number of carbonyl (C=O) groups is 1. The second-order valence-corrected chi connectivity index (χ2v) is 6.26. The molecular weight excluding hydrogens is 310 g/mol. The van der Waals surface area contributed by atoms with Gasteiger partial charge in [-0.2, -0.15) is 0 Å². The number of carbonyl (C=O) groups excluding carboxylic acids is 1. The summed E-state index contributed by atoms with van der Waals surface area (Å²) in [5.74, 6) is 0.177. The van der Waals surface area contributed by atoms with E-state index >= 15 is 0 Å². The average Bonchev–Trinajstić information content (AvgIpc) is 2.56. The van der Waals surface area contributed by atoms with Gasteiger partial charge in [-0.3, -0.25) is 14.7 Å². The molecule has 1 aromatic heterocycles. The number of hydrogen-bond donors (Lipinski definition) is 0. The second-order valence-electron chi connectivity index (χ2n) is 5.82. The molecule has 2 aromatic rings. The van der Waals surface area contributed by atoms with Crippen molar-refractivity contribution in [1.82, 2.24) is 14.8 Å². The highest BCUT2D eigenvalue weighted by Gasteiger charge is 2.21. The summed E-state index contributed by atoms with van der Waals surface area (Å²) in [5.41, 5.74) is 2.24. The van der Waals surface area contributed by atoms with Gasteiger partial charge >= 0.3 is 0 Å². The third-order valence-corrected chi connectivity index (χ3v) is 4.36. The molecule has 0 atom stereocenters. The monoisotopic (exact) mass is 329 g/mol. The van der Waals surface area contributed by atoms with Gasteiger partial charge in [-0.1, -0.05) is 23.7 Å². The van der Waals surface area contributed by atoms with E-state index in [0.29, 0.717) is 11.4 Å². The minimum absolute atomic E-state index is 0.177. The first kappa shape index (κ1) is 16.0. The lowest BCUT2D eigenvalue weighted by atomic mass is 10.1. The van der Waals surface area contributed by atoms with Crippen LogP contribution >= 0.6 is 11.6 Å². The summed E-state index contributed by atoms with van der Waals surface area (Å²) in [6.07, 6.45) is 4.06. The van der Waals surface area contributed by atoms with Gasteiger partial charge in [0.2, 0.25) is 5.91 Å². The van der Waals surface area contributed by atoms with E-state index in [1.54, 1.807) is 0 Å². The maximum Gasteiger partial charge on any atom is 0.227 e. The molecule has 1 aromatic carbocycles. The van der Waals surface area contributed by atoms with Gasteiger partial charge in [-0.25, -0.2) is 0 Å². The van der Waals surface area contributed by atoms with Crippen molar-refractivity contribution >= 4 is 17.5 Å². The van der Waals surface area contributed by atoms with E-state index in [-0.39, 0.29) is 5.91 Å². The first-order chi connectivity index (χ1) is 11.2. The zero-order chi connectivity index (χ0) is 16.1. The van der Waals surface area contributed by atoms with Crippen molar-refractivity contribution in [1.29, 1.82) is 0 Å². The molecule has 1 aliphatic rings. The molecule has 0 aliphatic carbocycles. The summed E-state index contributed by atoms with van der Waals surface area (Å²) in [5, 5.41) is 0.678. The van der Waals surface area contributed by atoms with Crippen LogP contribution in [0.15, 0.2) is 48.8 Å². The van der Waals surface area contributed by atoms with Crippen LogP contribution in [0.5, 0.6) is 0 Å². The standard InChI is InChI=1S/C18H20ClN3O/c19-17-3-1-2-16(12-17)13-18(23)22-10-8-21(9-11-22)14-15-4-6-20-7-5-15/h1-7,12H,8-11,13-14H2. The van der Waals surface area contributed by atoms with Crippen molar-refractivity contribution in [2.45, 2.75) is 13.0 Å². The predicted molar refractivity (Wildman–Crippen MR) is 91.3 cm³/mol. The zero-order valence-electron chi connectivity index (χ0n) is 13.0. The van der Waals surface area contributed by atoms with E-state index in [0.717, 1.165) is 38.3 Å². The Bertz CT molecular complexity index is 654. The van der Waals surface area contributed by atoms with E-state index in [4.69, 9.17) is 11.6 Å². The number of aromatic nitrogens is 1. The van der Waals surface area contributed by atoms with Crippen LogP contribution in [0.2, 0.25) is 5.02 Å². The zero-order valence-corrected chi connectivity index (χ0v) is 13.7. The molecule has 5 heteroatoms. The fourth-order valence-corrected chi connectivity index (χ4v) is 3.05. The van der Waals surface area contributed by atoms with Gasteiger partial charge in [-0.15, -0.1) is 0 Å². The molecule has 23 heavy (non-hydrogen) atoms. The van der Waals surface area contributed by atoms with Crippen LogP contribution in [0.25, 0.3) is 0 Å². The third-order valence-electron chi connectivity index (χ3n) is 4.12. The predicted octanol–water partition coefficient (Wildman–Crippen LogP) is 2.62. The molecule has 1 aliphatic heterocycles. The highest BCUT2D eigenvalue weighted by molar-refractivity contribution is 6.30. The Morgan fingerprint density at radius 3 is 2.48 bits per heavy atom. The Hall–Kier alpha value is -1.91. The number of pyridine rings is 1. The Morgan fingerprint density at radius 1 is 1.04 bits per heavy atom. The molecule has 120 valence electrons. The van der Waals surface area contributed by atoms with Crippen LogP contribution in [0.3, 0.4) is 0 Å². The van der Waals surface area contributed by atoms with E-state index in [9.17, 15) is 4.79 Å². The molecule has 0 radical (unpaired) electrons. The van der Waals surface area contributed by atoms with Gasteiger partial charge in [0.25, 0.3) is 0 Å². The topological polar surface area (TPSA) is 36.4 Å². The second kappa shape index (κ2) is 7.57. The maximum atomic E-state index is 12.4. The van der Waals surface area contributed by atoms with Gasteiger partial charge in [-0.05, 0) is 35.4 Å². The third kappa shape index (κ3) is 4.53. The maximum absolute atomic E-state index is 12.4. The molecule has 0 unspecified atom stereocenters. The summed E-state index contributed by atoms with van der Waals surface area (Å²) in [6.45, 7) is 4.29. The number of halogens is 1. The lowest BCUT2D eigenvalue weighted by Crippen LogP contribution is -2.48. The van der Waals surface area contributed by atoms with E-state index in [1.807, 2.05) is 53.7 Å². The van der Waals surface area contributed by atoms with Crippen LogP contribution in [0.4, 0.5) is 0 Å². The Labute approximate surface area is 141 Å². The summed E-state index contributed by atoms with van der Waals surface area (Å²) in [6, 6.07) is 11.6. The van der Waals surface area contributed by atoms with Crippen LogP contribution in [-0.2, 0) is 17.8 Å². The van der Waals surface area contributed by atoms with Gasteiger partial charge in [0, 0.05) is 50.1 Å². The van der Waals surface area contributed by atoms with Crippen molar-refractivity contribution in [3.05, 3.63) is 64.9 Å². The molecule has 0 N–H and O–H groups in total. The molecule has 1 fully saturated rings. The lowest BCUT2D eigenvalue weighted by Gasteiger charge is -2.34. The first-order valence-electron chi connectivity index (χ1n) is 7.84. The summed E-state index contributed by atoms with van der Waals surface area (Å²) in [4.78, 5) is 20.8. The number of amides is 1. The van der Waals surface area contributed by atoms with Crippen molar-refractivity contribution < 1.29 is 4.79 Å². The number of piperazine rings is 1. The number of rotatable bonds is 4. The molecule has 4 nitrogen and oxygen atoms in total. The minimum atomic E-state index is 0.177. The number of nitrogens with zero attached hydrogens (tertiary/aromatic N) is 3. The van der Waals surface area contributed by atoms with Crippen LogP contribution < -0.4 is 0 Å². The average molecular weight is 330 g/mol. The molecule has 0 saturated carbocycles. The Balaban J connectivity index is 1.49. The summed E-state index contributed by atoms with van der Waals surface area (Å²) < 4.78 is 0. The highest BCUT2D eigenvalue weighted by Crippen LogP contribution is 2.13. The molecule has 3 rings (SSSR count). The normalized spacial score (nSPS) is 15.6. The number of hydrogen-bond acceptors (Lipinski definition) is 3. The van der Waals surface area contributed by atoms with Crippen LogP contribution in [0, 0.1) is 0 Å². The van der Waals surface area contributed by atoms with Gasteiger partial charge in [0.15, 0.2) is 0 Å². The Kier molecular flexibility index (Phi) is 5.26. The molecule has 1 saturated heterocycles. The van der Waals surface area contributed by atoms with E-state index in [2.05, 4.69) is 9.88 Å². The fourth-order valence-electron chi connectivity index (χ4n) is 2.84. The summed E-state index contributed by atoms with van der Waals surface area (Å²) >= 11 is 5.97. The lowest BCUT2D eigenvalue weighted by molar-refractivity contribution is -0.132. The van der Waals surface area contributed by atoms with E-state index in [1.165, 1.54) is 5.56 Å². The smallest absolute Gasteiger partial charge is 0.227 e. The quantitative estimate of drug-likeness (QED) is 0.865. The SMILES string of the molecule is O=C(Cc1cccc(Cl)c1)N1CCN(Cc2ccncc2)CC1. The molecule has 0 bridgehead atoms. The largest absolute Gasteiger partial charge is 0.340 e. The number of benzene rings is 1. The van der Waals surface area contributed by atoms with Crippen molar-refractivity contribution in [3.63, 3.8) is 0 Å². The molecular formula is C18H20ClN3O. The minimum Gasteiger partial charge on any atom is -0.340 e. The van der Waals surface area contributed by atoms with Gasteiger partial charge < -0.3 is 4.90 Å². The fraction of sp³-hybridized carbons (Fsp3) is 0.333. The highest BCUT2D eigenvalue weighted by atomic mass is 35.5. The summed E-state index contributed by atoms with van der Waals surface area (Å²) in [7, 11) is 0. The van der Waals surface area contributed by atoms with Gasteiger partial charge in [0.05, 0.1) is 6.42 Å². The molecule has 0 spiro atoms. The van der Waals surface area contributed by atoms with Crippen molar-refractivity contribution in [3.8, 4) is 0 Å². The van der Waals surface area contributed by atoms with Crippen molar-refractivity contribution in [2.75, 3.05) is 26.2 Å². The molecule has 1 amide bonds. The van der Waals surface area contributed by atoms with Crippen LogP contribution in [-0.4, -0.2) is 46.9 Å². The van der Waals surface area contributed by atoms with Crippen molar-refractivity contribution in [2.24, 2.45) is 0 Å².